The van der Waals surface area contributed by atoms with Gasteiger partial charge in [-0.3, -0.25) is 14.4 Å². The molecule has 0 aliphatic rings. The molecular weight excluding hydrogens is 829 g/mol. The van der Waals surface area contributed by atoms with Gasteiger partial charge in [0.1, 0.15) is 13.2 Å². The molecule has 2 atom stereocenters. The van der Waals surface area contributed by atoms with Crippen LogP contribution in [0.3, 0.4) is 0 Å². The zero-order valence-electron chi connectivity index (χ0n) is 45.9. The first-order valence-electron chi connectivity index (χ1n) is 30.4. The quantitative estimate of drug-likeness (QED) is 0.0343. The molecule has 0 aromatic carbocycles. The van der Waals surface area contributed by atoms with Gasteiger partial charge in [-0.2, -0.15) is 0 Å². The highest BCUT2D eigenvalue weighted by Gasteiger charge is 2.19. The summed E-state index contributed by atoms with van der Waals surface area (Å²) >= 11 is 0. The first-order chi connectivity index (χ1) is 32.9. The summed E-state index contributed by atoms with van der Waals surface area (Å²) < 4.78 is 16.9. The lowest BCUT2D eigenvalue weighted by Crippen LogP contribution is -2.30. The molecule has 1 unspecified atom stereocenters. The maximum atomic E-state index is 12.9. The largest absolute Gasteiger partial charge is 0.462 e. The predicted octanol–water partition coefficient (Wildman–Crippen LogP) is 20.2. The minimum atomic E-state index is -0.761. The van der Waals surface area contributed by atoms with Crippen molar-refractivity contribution in [3.8, 4) is 0 Å². The first-order valence-corrected chi connectivity index (χ1v) is 30.4. The van der Waals surface area contributed by atoms with E-state index in [1.165, 1.54) is 244 Å². The van der Waals surface area contributed by atoms with E-state index in [2.05, 4.69) is 27.7 Å². The van der Waals surface area contributed by atoms with Gasteiger partial charge in [-0.25, -0.2) is 0 Å². The fourth-order valence-electron chi connectivity index (χ4n) is 9.42. The molecule has 0 saturated carbocycles. The second-order valence-corrected chi connectivity index (χ2v) is 21.2. The Morgan fingerprint density at radius 1 is 0.299 bits per heavy atom. The fourth-order valence-corrected chi connectivity index (χ4v) is 9.42. The lowest BCUT2D eigenvalue weighted by molar-refractivity contribution is -0.167. The van der Waals surface area contributed by atoms with Crippen LogP contribution in [0.2, 0.25) is 0 Å². The van der Waals surface area contributed by atoms with Crippen molar-refractivity contribution in [3.63, 3.8) is 0 Å². The number of carbonyl (C=O) groups excluding carboxylic acids is 3. The van der Waals surface area contributed by atoms with Crippen molar-refractivity contribution in [2.45, 2.75) is 355 Å². The summed E-state index contributed by atoms with van der Waals surface area (Å²) in [4.78, 5) is 38.2. The molecule has 6 heteroatoms. The minimum absolute atomic E-state index is 0.0615. The normalized spacial score (nSPS) is 12.4. The molecule has 0 aromatic heterocycles. The average Bonchev–Trinajstić information content (AvgIpc) is 3.33. The van der Waals surface area contributed by atoms with E-state index in [0.717, 1.165) is 63.7 Å². The smallest absolute Gasteiger partial charge is 0.306 e. The Labute approximate surface area is 418 Å². The molecule has 0 aliphatic heterocycles. The van der Waals surface area contributed by atoms with Crippen molar-refractivity contribution in [1.82, 2.24) is 0 Å². The second kappa shape index (κ2) is 55.3. The lowest BCUT2D eigenvalue weighted by atomic mass is 9.99. The van der Waals surface area contributed by atoms with Crippen LogP contribution in [-0.2, 0) is 28.6 Å². The number of esters is 3. The first kappa shape index (κ1) is 65.4. The Morgan fingerprint density at radius 3 is 0.776 bits per heavy atom. The van der Waals surface area contributed by atoms with Gasteiger partial charge in [0.2, 0.25) is 0 Å². The highest BCUT2D eigenvalue weighted by Crippen LogP contribution is 2.19. The third-order valence-electron chi connectivity index (χ3n) is 14.4. The predicted molar refractivity (Wildman–Crippen MR) is 289 cm³/mol. The average molecular weight is 948 g/mol. The van der Waals surface area contributed by atoms with Crippen LogP contribution in [0.4, 0.5) is 0 Å². The zero-order valence-corrected chi connectivity index (χ0v) is 45.9. The van der Waals surface area contributed by atoms with Crippen molar-refractivity contribution in [3.05, 3.63) is 0 Å². The third kappa shape index (κ3) is 53.6. The summed E-state index contributed by atoms with van der Waals surface area (Å²) in [6.07, 6.45) is 60.9. The molecule has 0 aromatic rings. The number of unbranched alkanes of at least 4 members (excludes halogenated alkanes) is 42. The summed E-state index contributed by atoms with van der Waals surface area (Å²) in [5, 5.41) is 0. The molecule has 0 radical (unpaired) electrons. The van der Waals surface area contributed by atoms with Crippen LogP contribution in [0.15, 0.2) is 0 Å². The Balaban J connectivity index is 4.22. The fraction of sp³-hybridized carbons (Fsp3) is 0.951. The SMILES string of the molecule is CCCCCCCCCCCCCCCCCC(=O)O[C@@H](COC(=O)CCCCCCCCCCCCCC)COC(=O)CCCCCCCCCCCCCCCCCCCCC(C)CC. The summed E-state index contributed by atoms with van der Waals surface area (Å²) in [6, 6.07) is 0. The van der Waals surface area contributed by atoms with E-state index >= 15 is 0 Å². The summed E-state index contributed by atoms with van der Waals surface area (Å²) in [6.45, 7) is 9.11. The van der Waals surface area contributed by atoms with Gasteiger partial charge in [0, 0.05) is 19.3 Å². The lowest BCUT2D eigenvalue weighted by Gasteiger charge is -2.18. The highest BCUT2D eigenvalue weighted by molar-refractivity contribution is 5.71. The Morgan fingerprint density at radius 2 is 0.522 bits per heavy atom. The van der Waals surface area contributed by atoms with Crippen LogP contribution in [0.1, 0.15) is 349 Å². The highest BCUT2D eigenvalue weighted by atomic mass is 16.6. The minimum Gasteiger partial charge on any atom is -0.462 e. The molecule has 0 spiro atoms. The van der Waals surface area contributed by atoms with E-state index in [4.69, 9.17) is 14.2 Å². The molecule has 0 bridgehead atoms. The van der Waals surface area contributed by atoms with E-state index < -0.39 is 6.10 Å². The van der Waals surface area contributed by atoms with Gasteiger partial charge < -0.3 is 14.2 Å². The van der Waals surface area contributed by atoms with Gasteiger partial charge in [0.25, 0.3) is 0 Å². The molecule has 0 heterocycles. The van der Waals surface area contributed by atoms with Crippen LogP contribution in [-0.4, -0.2) is 37.2 Å². The molecule has 67 heavy (non-hydrogen) atoms. The van der Waals surface area contributed by atoms with Gasteiger partial charge in [0.05, 0.1) is 0 Å². The Kier molecular flexibility index (Phi) is 54.0. The van der Waals surface area contributed by atoms with Gasteiger partial charge in [-0.15, -0.1) is 0 Å². The number of hydrogen-bond acceptors (Lipinski definition) is 6. The van der Waals surface area contributed by atoms with Crippen LogP contribution >= 0.6 is 0 Å². The van der Waals surface area contributed by atoms with Crippen molar-refractivity contribution >= 4 is 17.9 Å². The molecular formula is C61H118O6. The van der Waals surface area contributed by atoms with Gasteiger partial charge in [-0.05, 0) is 25.2 Å². The number of rotatable bonds is 56. The van der Waals surface area contributed by atoms with Crippen LogP contribution in [0.25, 0.3) is 0 Å². The molecule has 0 amide bonds. The topological polar surface area (TPSA) is 78.9 Å². The van der Waals surface area contributed by atoms with E-state index in [9.17, 15) is 14.4 Å². The van der Waals surface area contributed by atoms with Crippen molar-refractivity contribution < 1.29 is 28.6 Å². The number of ether oxygens (including phenoxy) is 3. The summed E-state index contributed by atoms with van der Waals surface area (Å²) in [5.74, 6) is 0.0778. The Hall–Kier alpha value is -1.59. The molecule has 0 fully saturated rings. The van der Waals surface area contributed by atoms with E-state index in [-0.39, 0.29) is 31.1 Å². The van der Waals surface area contributed by atoms with Crippen LogP contribution < -0.4 is 0 Å². The zero-order chi connectivity index (χ0) is 48.8. The molecule has 0 rings (SSSR count). The molecule has 6 nitrogen and oxygen atoms in total. The molecule has 0 saturated heterocycles. The van der Waals surface area contributed by atoms with E-state index in [1.807, 2.05) is 0 Å². The van der Waals surface area contributed by atoms with Gasteiger partial charge in [0.15, 0.2) is 6.10 Å². The molecule has 0 N–H and O–H groups in total. The van der Waals surface area contributed by atoms with Crippen molar-refractivity contribution in [2.75, 3.05) is 13.2 Å². The number of hydrogen-bond donors (Lipinski definition) is 0. The van der Waals surface area contributed by atoms with Crippen molar-refractivity contribution in [2.24, 2.45) is 5.92 Å². The summed E-state index contributed by atoms with van der Waals surface area (Å²) in [7, 11) is 0. The van der Waals surface area contributed by atoms with Gasteiger partial charge >= 0.3 is 17.9 Å². The van der Waals surface area contributed by atoms with Crippen LogP contribution in [0.5, 0.6) is 0 Å². The van der Waals surface area contributed by atoms with Gasteiger partial charge in [-0.1, -0.05) is 310 Å². The maximum Gasteiger partial charge on any atom is 0.306 e. The second-order valence-electron chi connectivity index (χ2n) is 21.2. The maximum absolute atomic E-state index is 12.9. The van der Waals surface area contributed by atoms with E-state index in [0.29, 0.717) is 19.3 Å². The monoisotopic (exact) mass is 947 g/mol. The van der Waals surface area contributed by atoms with Crippen molar-refractivity contribution in [1.29, 1.82) is 0 Å². The molecule has 398 valence electrons. The Bertz CT molecular complexity index is 1010. The standard InChI is InChI=1S/C61H118O6/c1-5-8-10-12-14-16-18-20-25-30-34-38-42-46-50-54-61(64)67-58(55-65-59(62)52-48-44-40-36-32-19-17-15-13-11-9-6-2)56-66-60(63)53-49-45-41-37-33-29-27-24-22-21-23-26-28-31-35-39-43-47-51-57(4)7-3/h57-58H,5-56H2,1-4H3/t57?,58-/m0/s1. The van der Waals surface area contributed by atoms with Crippen LogP contribution in [0, 0.1) is 5.92 Å². The number of carbonyl (C=O) groups is 3. The molecule has 0 aliphatic carbocycles. The van der Waals surface area contributed by atoms with E-state index in [1.54, 1.807) is 0 Å². The third-order valence-corrected chi connectivity index (χ3v) is 14.4. The summed E-state index contributed by atoms with van der Waals surface area (Å²) in [5.41, 5.74) is 0.